The molecule has 2 aromatic rings. The lowest BCUT2D eigenvalue weighted by atomic mass is 9.95. The fourth-order valence-corrected chi connectivity index (χ4v) is 4.21. The summed E-state index contributed by atoms with van der Waals surface area (Å²) in [5.41, 5.74) is 1.01. The number of carbonyl (C=O) groups excluding carboxylic acids is 1. The topological polar surface area (TPSA) is 35.5 Å². The fourth-order valence-electron chi connectivity index (χ4n) is 2.60. The molecule has 0 saturated heterocycles. The van der Waals surface area contributed by atoms with E-state index >= 15 is 0 Å². The molecule has 1 unspecified atom stereocenters. The molecule has 5 heteroatoms. The Morgan fingerprint density at radius 1 is 0.958 bits per heavy atom. The third-order valence-electron chi connectivity index (χ3n) is 3.54. The summed E-state index contributed by atoms with van der Waals surface area (Å²) in [6.07, 6.45) is 0. The van der Waals surface area contributed by atoms with E-state index < -0.39 is 16.6 Å². The Morgan fingerprint density at radius 3 is 2.21 bits per heavy atom. The van der Waals surface area contributed by atoms with Gasteiger partial charge in [-0.05, 0) is 74.7 Å². The van der Waals surface area contributed by atoms with Crippen LogP contribution < -0.4 is 4.43 Å². The largest absolute Gasteiger partial charge is 0.544 e. The van der Waals surface area contributed by atoms with Gasteiger partial charge in [0.15, 0.2) is 0 Å². The van der Waals surface area contributed by atoms with Crippen LogP contribution in [-0.2, 0) is 9.22 Å². The van der Waals surface area contributed by atoms with Gasteiger partial charge in [0.05, 0.1) is 5.92 Å². The molecule has 0 bridgehead atoms. The van der Waals surface area contributed by atoms with Crippen molar-refractivity contribution in [1.29, 1.82) is 0 Å². The maximum absolute atomic E-state index is 12.5. The molecule has 2 rings (SSSR count). The van der Waals surface area contributed by atoms with Crippen LogP contribution in [-0.4, -0.2) is 22.6 Å². The second kappa shape index (κ2) is 6.72. The van der Waals surface area contributed by atoms with Crippen molar-refractivity contribution in [3.05, 3.63) is 42.0 Å². The van der Waals surface area contributed by atoms with Crippen LogP contribution in [0.4, 0.5) is 0 Å². The van der Waals surface area contributed by atoms with E-state index in [1.807, 2.05) is 44.8 Å². The highest BCUT2D eigenvalue weighted by molar-refractivity contribution is 6.71. The van der Waals surface area contributed by atoms with E-state index in [1.54, 1.807) is 0 Å². The maximum atomic E-state index is 12.5. The minimum atomic E-state index is -1.88. The first kappa shape index (κ1) is 18.7. The summed E-state index contributed by atoms with van der Waals surface area (Å²) < 4.78 is 11.7. The lowest BCUT2D eigenvalue weighted by Crippen LogP contribution is -2.31. The van der Waals surface area contributed by atoms with Crippen molar-refractivity contribution in [2.24, 2.45) is 0 Å². The van der Waals surface area contributed by atoms with Gasteiger partial charge in [-0.1, -0.05) is 24.3 Å². The molecule has 1 atom stereocenters. The Morgan fingerprint density at radius 2 is 1.62 bits per heavy atom. The third-order valence-corrected chi connectivity index (χ3v) is 5.20. The molecule has 0 N–H and O–H groups in total. The van der Waals surface area contributed by atoms with Gasteiger partial charge in [-0.2, -0.15) is 0 Å². The van der Waals surface area contributed by atoms with Gasteiger partial charge in [0, 0.05) is 0 Å². The first-order chi connectivity index (χ1) is 11.0. The van der Waals surface area contributed by atoms with E-state index in [1.165, 1.54) is 0 Å². The van der Waals surface area contributed by atoms with Gasteiger partial charge in [-0.15, -0.1) is 0 Å². The summed E-state index contributed by atoms with van der Waals surface area (Å²) in [7, 11) is -3.52. The van der Waals surface area contributed by atoms with Crippen LogP contribution in [0.2, 0.25) is 39.3 Å². The van der Waals surface area contributed by atoms with Crippen molar-refractivity contribution in [1.82, 2.24) is 0 Å². The monoisotopic (exact) mass is 360 g/mol. The predicted octanol–water partition coefficient (Wildman–Crippen LogP) is 5.54. The van der Waals surface area contributed by atoms with Crippen LogP contribution in [0.3, 0.4) is 0 Å². The van der Waals surface area contributed by atoms with E-state index in [4.69, 9.17) is 8.85 Å². The number of carbonyl (C=O) groups is 1. The number of hydrogen-bond donors (Lipinski definition) is 0. The van der Waals surface area contributed by atoms with E-state index in [0.29, 0.717) is 0 Å². The van der Waals surface area contributed by atoms with Gasteiger partial charge in [0.25, 0.3) is 5.97 Å². The molecule has 0 heterocycles. The van der Waals surface area contributed by atoms with Crippen molar-refractivity contribution >= 4 is 33.4 Å². The van der Waals surface area contributed by atoms with E-state index in [-0.39, 0.29) is 11.9 Å². The first-order valence-electron chi connectivity index (χ1n) is 8.41. The summed E-state index contributed by atoms with van der Waals surface area (Å²) in [6, 6.07) is 12.2. The van der Waals surface area contributed by atoms with E-state index in [9.17, 15) is 4.79 Å². The van der Waals surface area contributed by atoms with E-state index in [0.717, 1.165) is 22.1 Å². The molecule has 0 saturated carbocycles. The Labute approximate surface area is 147 Å². The molecule has 0 fully saturated rings. The van der Waals surface area contributed by atoms with Crippen molar-refractivity contribution in [2.75, 3.05) is 0 Å². The highest BCUT2D eigenvalue weighted by atomic mass is 28.4. The van der Waals surface area contributed by atoms with Crippen molar-refractivity contribution < 1.29 is 13.6 Å². The van der Waals surface area contributed by atoms with Crippen LogP contribution in [0.1, 0.15) is 18.4 Å². The Kier molecular flexibility index (Phi) is 5.25. The second-order valence-corrected chi connectivity index (χ2v) is 17.1. The molecule has 24 heavy (non-hydrogen) atoms. The third kappa shape index (κ3) is 4.95. The molecule has 0 radical (unpaired) electrons. The number of rotatable bonds is 5. The van der Waals surface area contributed by atoms with Crippen LogP contribution in [0.5, 0.6) is 5.75 Å². The molecule has 130 valence electrons. The Bertz CT molecular complexity index is 742. The molecular weight excluding hydrogens is 332 g/mol. The molecule has 0 spiro atoms. The van der Waals surface area contributed by atoms with E-state index in [2.05, 4.69) is 37.8 Å². The van der Waals surface area contributed by atoms with Crippen molar-refractivity contribution in [2.45, 2.75) is 52.1 Å². The lowest BCUT2D eigenvalue weighted by molar-refractivity contribution is -0.136. The lowest BCUT2D eigenvalue weighted by Gasteiger charge is -2.22. The zero-order chi connectivity index (χ0) is 18.1. The molecule has 0 amide bonds. The van der Waals surface area contributed by atoms with Crippen LogP contribution in [0.15, 0.2) is 36.4 Å². The Balaban J connectivity index is 2.36. The molecule has 0 aliphatic rings. The summed E-state index contributed by atoms with van der Waals surface area (Å²) in [5.74, 6) is 0.490. The number of benzene rings is 2. The normalized spacial score (nSPS) is 13.6. The summed E-state index contributed by atoms with van der Waals surface area (Å²) in [5, 5.41) is 2.18. The van der Waals surface area contributed by atoms with Crippen LogP contribution in [0, 0.1) is 0 Å². The average Bonchev–Trinajstić information content (AvgIpc) is 2.42. The fraction of sp³-hybridized carbons (Fsp3) is 0.421. The van der Waals surface area contributed by atoms with Gasteiger partial charge in [0.1, 0.15) is 5.75 Å². The molecule has 0 aromatic heterocycles. The zero-order valence-electron chi connectivity index (χ0n) is 15.8. The number of fused-ring (bicyclic) bond motifs is 1. The summed E-state index contributed by atoms with van der Waals surface area (Å²) in [6.45, 7) is 14.5. The SMILES string of the molecule is CC(C(=O)O[Si](C)(C)C)c1cccc2cc(O[Si](C)(C)C)ccc12. The summed E-state index contributed by atoms with van der Waals surface area (Å²) >= 11 is 0. The Hall–Kier alpha value is -1.60. The highest BCUT2D eigenvalue weighted by Crippen LogP contribution is 2.30. The van der Waals surface area contributed by atoms with Gasteiger partial charge < -0.3 is 8.85 Å². The standard InChI is InChI=1S/C19H28O3Si2/c1-14(19(20)22-24(5,6)7)17-10-8-9-15-13-16(11-12-18(15)17)21-23(2,3)4/h8-14H,1-7H3. The van der Waals surface area contributed by atoms with Crippen molar-refractivity contribution in [3.63, 3.8) is 0 Å². The first-order valence-corrected chi connectivity index (χ1v) is 15.2. The van der Waals surface area contributed by atoms with Gasteiger partial charge >= 0.3 is 0 Å². The average molecular weight is 361 g/mol. The zero-order valence-corrected chi connectivity index (χ0v) is 17.8. The van der Waals surface area contributed by atoms with Gasteiger partial charge in [-0.3, -0.25) is 4.79 Å². The predicted molar refractivity (Wildman–Crippen MR) is 106 cm³/mol. The maximum Gasteiger partial charge on any atom is 0.299 e. The molecule has 0 aliphatic carbocycles. The minimum absolute atomic E-state index is 0.135. The second-order valence-electron chi connectivity index (χ2n) is 8.20. The summed E-state index contributed by atoms with van der Waals surface area (Å²) in [4.78, 5) is 12.5. The highest BCUT2D eigenvalue weighted by Gasteiger charge is 2.26. The van der Waals surface area contributed by atoms with Gasteiger partial charge in [-0.25, -0.2) is 0 Å². The number of hydrogen-bond acceptors (Lipinski definition) is 3. The van der Waals surface area contributed by atoms with Crippen molar-refractivity contribution in [3.8, 4) is 5.75 Å². The molecular formula is C19H28O3Si2. The smallest absolute Gasteiger partial charge is 0.299 e. The molecule has 2 aromatic carbocycles. The van der Waals surface area contributed by atoms with Crippen LogP contribution in [0.25, 0.3) is 10.8 Å². The molecule has 3 nitrogen and oxygen atoms in total. The minimum Gasteiger partial charge on any atom is -0.544 e. The van der Waals surface area contributed by atoms with Crippen LogP contribution >= 0.6 is 0 Å². The van der Waals surface area contributed by atoms with Gasteiger partial charge in [0.2, 0.25) is 16.6 Å². The quantitative estimate of drug-likeness (QED) is 0.657. The molecule has 0 aliphatic heterocycles.